The number of amides is 2. The van der Waals surface area contributed by atoms with Gasteiger partial charge in [-0.25, -0.2) is 8.78 Å². The van der Waals surface area contributed by atoms with Gasteiger partial charge in [0.05, 0.1) is 0 Å². The SMILES string of the molecule is O=C1CCC(Nc2cccc(NCCCCCCCN3CCC(F)(F)CC3)c2)C(=O)N1. The van der Waals surface area contributed by atoms with Crippen molar-refractivity contribution in [3.05, 3.63) is 24.3 Å². The molecule has 3 rings (SSSR count). The van der Waals surface area contributed by atoms with E-state index >= 15 is 0 Å². The summed E-state index contributed by atoms with van der Waals surface area (Å²) in [6, 6.07) is 7.45. The van der Waals surface area contributed by atoms with Crippen molar-refractivity contribution in [1.82, 2.24) is 10.2 Å². The predicted molar refractivity (Wildman–Crippen MR) is 118 cm³/mol. The Labute approximate surface area is 183 Å². The molecule has 2 heterocycles. The molecule has 0 radical (unpaired) electrons. The van der Waals surface area contributed by atoms with Crippen molar-refractivity contribution in [2.24, 2.45) is 0 Å². The maximum absolute atomic E-state index is 13.2. The van der Waals surface area contributed by atoms with Crippen molar-refractivity contribution in [2.45, 2.75) is 69.8 Å². The van der Waals surface area contributed by atoms with Crippen LogP contribution in [0, 0.1) is 0 Å². The number of nitrogens with zero attached hydrogens (tertiary/aromatic N) is 1. The molecular weight excluding hydrogens is 402 g/mol. The van der Waals surface area contributed by atoms with E-state index in [1.54, 1.807) is 0 Å². The van der Waals surface area contributed by atoms with E-state index in [1.165, 1.54) is 0 Å². The van der Waals surface area contributed by atoms with Crippen LogP contribution in [0.5, 0.6) is 0 Å². The van der Waals surface area contributed by atoms with Crippen LogP contribution in [0.4, 0.5) is 20.2 Å². The molecule has 0 saturated carbocycles. The molecule has 6 nitrogen and oxygen atoms in total. The van der Waals surface area contributed by atoms with Crippen molar-refractivity contribution in [3.63, 3.8) is 0 Å². The molecule has 172 valence electrons. The number of halogens is 2. The number of rotatable bonds is 11. The van der Waals surface area contributed by atoms with Gasteiger partial charge in [0.2, 0.25) is 11.8 Å². The van der Waals surface area contributed by atoms with E-state index in [2.05, 4.69) is 20.9 Å². The number of imide groups is 1. The number of hydrogen-bond acceptors (Lipinski definition) is 5. The van der Waals surface area contributed by atoms with Gasteiger partial charge in [-0.2, -0.15) is 0 Å². The third kappa shape index (κ3) is 8.09. The smallest absolute Gasteiger partial charge is 0.250 e. The van der Waals surface area contributed by atoms with Gasteiger partial charge in [-0.05, 0) is 44.0 Å². The molecule has 1 aromatic carbocycles. The third-order valence-corrected chi connectivity index (χ3v) is 6.01. The molecule has 1 aromatic rings. The van der Waals surface area contributed by atoms with Crippen LogP contribution in [0.25, 0.3) is 0 Å². The Balaban J connectivity index is 1.24. The Morgan fingerprint density at radius 3 is 2.52 bits per heavy atom. The molecule has 31 heavy (non-hydrogen) atoms. The van der Waals surface area contributed by atoms with Gasteiger partial charge in [0.1, 0.15) is 6.04 Å². The highest BCUT2D eigenvalue weighted by atomic mass is 19.3. The van der Waals surface area contributed by atoms with Crippen molar-refractivity contribution in [3.8, 4) is 0 Å². The summed E-state index contributed by atoms with van der Waals surface area (Å²) in [5, 5.41) is 8.97. The molecule has 0 aromatic heterocycles. The van der Waals surface area contributed by atoms with Gasteiger partial charge >= 0.3 is 0 Å². The van der Waals surface area contributed by atoms with Gasteiger partial charge in [0.15, 0.2) is 0 Å². The van der Waals surface area contributed by atoms with E-state index in [0.717, 1.165) is 56.6 Å². The minimum absolute atomic E-state index is 0.00289. The summed E-state index contributed by atoms with van der Waals surface area (Å²) < 4.78 is 26.3. The first kappa shape index (κ1) is 23.4. The first-order valence-electron chi connectivity index (χ1n) is 11.5. The molecule has 2 amide bonds. The zero-order valence-electron chi connectivity index (χ0n) is 18.1. The lowest BCUT2D eigenvalue weighted by molar-refractivity contribution is -0.133. The number of alkyl halides is 2. The number of unbranched alkanes of at least 4 members (excludes halogenated alkanes) is 4. The van der Waals surface area contributed by atoms with E-state index < -0.39 is 5.92 Å². The van der Waals surface area contributed by atoms with Crippen molar-refractivity contribution >= 4 is 23.2 Å². The minimum atomic E-state index is -2.45. The van der Waals surface area contributed by atoms with Gasteiger partial charge in [0, 0.05) is 50.3 Å². The van der Waals surface area contributed by atoms with Crippen LogP contribution in [-0.2, 0) is 9.59 Å². The second kappa shape index (κ2) is 11.4. The van der Waals surface area contributed by atoms with Gasteiger partial charge in [-0.3, -0.25) is 14.9 Å². The second-order valence-electron chi connectivity index (χ2n) is 8.62. The summed E-state index contributed by atoms with van der Waals surface area (Å²) in [5.41, 5.74) is 1.86. The molecular formula is C23H34F2N4O2. The summed E-state index contributed by atoms with van der Waals surface area (Å²) in [7, 11) is 0. The van der Waals surface area contributed by atoms with E-state index in [1.807, 2.05) is 24.3 Å². The Morgan fingerprint density at radius 2 is 1.74 bits per heavy atom. The zero-order chi connectivity index (χ0) is 22.1. The minimum Gasteiger partial charge on any atom is -0.385 e. The number of carbonyl (C=O) groups excluding carboxylic acids is 2. The van der Waals surface area contributed by atoms with Crippen LogP contribution < -0.4 is 16.0 Å². The number of hydrogen-bond donors (Lipinski definition) is 3. The number of benzene rings is 1. The predicted octanol–water partition coefficient (Wildman–Crippen LogP) is 4.00. The lowest BCUT2D eigenvalue weighted by atomic mass is 10.1. The fraction of sp³-hybridized carbons (Fsp3) is 0.652. The highest BCUT2D eigenvalue weighted by Crippen LogP contribution is 2.27. The van der Waals surface area contributed by atoms with Crippen LogP contribution in [0.1, 0.15) is 57.8 Å². The molecule has 2 fully saturated rings. The van der Waals surface area contributed by atoms with E-state index in [9.17, 15) is 18.4 Å². The molecule has 1 unspecified atom stereocenters. The molecule has 0 aliphatic carbocycles. The monoisotopic (exact) mass is 436 g/mol. The average Bonchev–Trinajstić information content (AvgIpc) is 2.73. The molecule has 2 aliphatic heterocycles. The quantitative estimate of drug-likeness (QED) is 0.361. The van der Waals surface area contributed by atoms with Gasteiger partial charge < -0.3 is 15.5 Å². The van der Waals surface area contributed by atoms with E-state index in [4.69, 9.17) is 0 Å². The summed E-state index contributed by atoms with van der Waals surface area (Å²) >= 11 is 0. The second-order valence-corrected chi connectivity index (χ2v) is 8.62. The summed E-state index contributed by atoms with van der Waals surface area (Å²) in [6.45, 7) is 2.85. The lowest BCUT2D eigenvalue weighted by Gasteiger charge is -2.31. The number of nitrogens with one attached hydrogen (secondary N) is 3. The van der Waals surface area contributed by atoms with Gasteiger partial charge in [-0.1, -0.05) is 25.3 Å². The van der Waals surface area contributed by atoms with Crippen LogP contribution in [0.15, 0.2) is 24.3 Å². The summed E-state index contributed by atoms with van der Waals surface area (Å²) in [5.74, 6) is -2.94. The molecule has 8 heteroatoms. The number of likely N-dealkylation sites (tertiary alicyclic amines) is 1. The van der Waals surface area contributed by atoms with Crippen LogP contribution >= 0.6 is 0 Å². The molecule has 2 aliphatic rings. The number of carbonyl (C=O) groups is 2. The Bertz CT molecular complexity index is 734. The van der Waals surface area contributed by atoms with Crippen LogP contribution in [-0.4, -0.2) is 54.9 Å². The maximum atomic E-state index is 13.2. The summed E-state index contributed by atoms with van der Waals surface area (Å²) in [6.07, 6.45) is 6.45. The Hall–Kier alpha value is -2.22. The molecule has 1 atom stereocenters. The lowest BCUT2D eigenvalue weighted by Crippen LogP contribution is -2.47. The average molecular weight is 437 g/mol. The maximum Gasteiger partial charge on any atom is 0.250 e. The van der Waals surface area contributed by atoms with Crippen molar-refractivity contribution in [1.29, 1.82) is 0 Å². The highest BCUT2D eigenvalue weighted by Gasteiger charge is 2.33. The van der Waals surface area contributed by atoms with Crippen LogP contribution in [0.3, 0.4) is 0 Å². The van der Waals surface area contributed by atoms with Crippen LogP contribution in [0.2, 0.25) is 0 Å². The van der Waals surface area contributed by atoms with Gasteiger partial charge in [-0.15, -0.1) is 0 Å². The highest BCUT2D eigenvalue weighted by molar-refractivity contribution is 6.01. The van der Waals surface area contributed by atoms with E-state index in [0.29, 0.717) is 25.9 Å². The molecule has 2 saturated heterocycles. The zero-order valence-corrected chi connectivity index (χ0v) is 18.1. The standard InChI is InChI=1S/C23H34F2N4O2/c24-23(25)11-15-29(16-12-23)14-5-3-1-2-4-13-26-18-7-6-8-19(17-18)27-20-9-10-21(30)28-22(20)31/h6-8,17,20,26-27H,1-5,9-16H2,(H,28,30,31). The van der Waals surface area contributed by atoms with Gasteiger partial charge in [0.25, 0.3) is 5.92 Å². The fourth-order valence-electron chi connectivity index (χ4n) is 4.08. The normalized spacial score (nSPS) is 21.5. The first-order chi connectivity index (χ1) is 14.9. The topological polar surface area (TPSA) is 73.5 Å². The Morgan fingerprint density at radius 1 is 1.03 bits per heavy atom. The Kier molecular flexibility index (Phi) is 8.63. The van der Waals surface area contributed by atoms with Crippen molar-refractivity contribution < 1.29 is 18.4 Å². The molecule has 3 N–H and O–H groups in total. The molecule has 0 spiro atoms. The molecule has 0 bridgehead atoms. The van der Waals surface area contributed by atoms with Crippen molar-refractivity contribution in [2.75, 3.05) is 36.8 Å². The largest absolute Gasteiger partial charge is 0.385 e. The third-order valence-electron chi connectivity index (χ3n) is 6.01. The summed E-state index contributed by atoms with van der Waals surface area (Å²) in [4.78, 5) is 25.3. The number of piperidine rings is 2. The first-order valence-corrected chi connectivity index (χ1v) is 11.5. The number of anilines is 2. The van der Waals surface area contributed by atoms with E-state index in [-0.39, 0.29) is 30.7 Å². The fourth-order valence-corrected chi connectivity index (χ4v) is 4.08.